The van der Waals surface area contributed by atoms with Crippen LogP contribution in [0.5, 0.6) is 11.5 Å². The Kier molecular flexibility index (Phi) is 5.43. The molecule has 8 heteroatoms. The van der Waals surface area contributed by atoms with E-state index in [0.717, 1.165) is 11.3 Å². The van der Waals surface area contributed by atoms with Gasteiger partial charge in [-0.3, -0.25) is 5.43 Å². The highest BCUT2D eigenvalue weighted by Gasteiger charge is 2.08. The second-order valence-corrected chi connectivity index (χ2v) is 6.67. The van der Waals surface area contributed by atoms with E-state index in [4.69, 9.17) is 27.9 Å². The third kappa shape index (κ3) is 4.22. The predicted molar refractivity (Wildman–Crippen MR) is 103 cm³/mol. The topological polar surface area (TPSA) is 66.7 Å². The zero-order valence-electron chi connectivity index (χ0n) is 13.0. The molecule has 0 amide bonds. The second-order valence-electron chi connectivity index (χ2n) is 4.97. The molecular weight excluding hydrogens is 381 g/mol. The Balaban J connectivity index is 1.71. The van der Waals surface area contributed by atoms with Crippen LogP contribution in [-0.4, -0.2) is 23.4 Å². The molecule has 3 aromatic rings. The Labute approximate surface area is 158 Å². The van der Waals surface area contributed by atoms with Crippen molar-refractivity contribution < 1.29 is 9.84 Å². The van der Waals surface area contributed by atoms with Gasteiger partial charge in [0.1, 0.15) is 0 Å². The summed E-state index contributed by atoms with van der Waals surface area (Å²) in [5.41, 5.74) is 5.37. The number of phenols is 1. The highest BCUT2D eigenvalue weighted by molar-refractivity contribution is 7.14. The zero-order valence-corrected chi connectivity index (χ0v) is 15.4. The number of aromatic hydroxyl groups is 1. The molecule has 0 fully saturated rings. The molecule has 1 aromatic heterocycles. The first-order chi connectivity index (χ1) is 12.1. The molecule has 5 nitrogen and oxygen atoms in total. The number of anilines is 1. The van der Waals surface area contributed by atoms with E-state index in [1.165, 1.54) is 18.4 Å². The highest BCUT2D eigenvalue weighted by Crippen LogP contribution is 2.34. The average molecular weight is 394 g/mol. The third-order valence-corrected chi connectivity index (χ3v) is 4.58. The molecule has 0 saturated carbocycles. The number of rotatable bonds is 5. The number of halogens is 2. The lowest BCUT2D eigenvalue weighted by Crippen LogP contribution is -1.92. The average Bonchev–Trinajstić information content (AvgIpc) is 3.07. The molecule has 0 radical (unpaired) electrons. The summed E-state index contributed by atoms with van der Waals surface area (Å²) in [5, 5.41) is 17.3. The van der Waals surface area contributed by atoms with Crippen molar-refractivity contribution in [1.29, 1.82) is 0 Å². The molecule has 0 atom stereocenters. The lowest BCUT2D eigenvalue weighted by molar-refractivity contribution is 0.373. The fourth-order valence-corrected chi connectivity index (χ4v) is 3.08. The van der Waals surface area contributed by atoms with Crippen LogP contribution in [0.1, 0.15) is 5.56 Å². The van der Waals surface area contributed by atoms with E-state index in [1.54, 1.807) is 18.3 Å². The first-order valence-corrected chi connectivity index (χ1v) is 8.77. The van der Waals surface area contributed by atoms with E-state index in [0.29, 0.717) is 15.7 Å². The van der Waals surface area contributed by atoms with Crippen LogP contribution in [0.3, 0.4) is 0 Å². The Morgan fingerprint density at radius 3 is 2.72 bits per heavy atom. The van der Waals surface area contributed by atoms with Gasteiger partial charge in [0.05, 0.1) is 24.0 Å². The van der Waals surface area contributed by atoms with Crippen molar-refractivity contribution in [1.82, 2.24) is 4.98 Å². The van der Waals surface area contributed by atoms with Crippen LogP contribution in [-0.2, 0) is 0 Å². The highest BCUT2D eigenvalue weighted by atomic mass is 35.5. The van der Waals surface area contributed by atoms with Gasteiger partial charge in [-0.05, 0) is 29.8 Å². The number of nitrogens with zero attached hydrogens (tertiary/aromatic N) is 2. The molecule has 25 heavy (non-hydrogen) atoms. The van der Waals surface area contributed by atoms with Gasteiger partial charge in [-0.25, -0.2) is 4.98 Å². The molecule has 0 aliphatic carbocycles. The fourth-order valence-electron chi connectivity index (χ4n) is 2.06. The van der Waals surface area contributed by atoms with E-state index >= 15 is 0 Å². The molecule has 0 aliphatic heterocycles. The molecule has 0 unspecified atom stereocenters. The minimum absolute atomic E-state index is 0.0956. The molecule has 0 aliphatic rings. The van der Waals surface area contributed by atoms with Crippen LogP contribution in [0.4, 0.5) is 5.13 Å². The molecule has 128 valence electrons. The summed E-state index contributed by atoms with van der Waals surface area (Å²) in [6, 6.07) is 10.7. The molecular formula is C17H13Cl2N3O2S. The van der Waals surface area contributed by atoms with Gasteiger partial charge < -0.3 is 9.84 Å². The second kappa shape index (κ2) is 7.74. The lowest BCUT2D eigenvalue weighted by atomic mass is 10.2. The molecule has 1 heterocycles. The predicted octanol–water partition coefficient (Wildman–Crippen LogP) is 5.28. The van der Waals surface area contributed by atoms with Crippen LogP contribution in [0, 0.1) is 0 Å². The molecule has 2 aromatic carbocycles. The number of methoxy groups -OCH3 is 1. The van der Waals surface area contributed by atoms with Gasteiger partial charge >= 0.3 is 0 Å². The van der Waals surface area contributed by atoms with Crippen molar-refractivity contribution in [2.24, 2.45) is 5.10 Å². The van der Waals surface area contributed by atoms with Crippen LogP contribution >= 0.6 is 34.5 Å². The van der Waals surface area contributed by atoms with Crippen molar-refractivity contribution in [2.75, 3.05) is 12.5 Å². The largest absolute Gasteiger partial charge is 0.503 e. The van der Waals surface area contributed by atoms with Crippen LogP contribution < -0.4 is 10.2 Å². The number of aromatic nitrogens is 1. The molecule has 0 bridgehead atoms. The standard InChI is InChI=1S/C17H13Cl2N3O2S/c1-24-15-7-10(6-13(19)16(15)23)8-20-22-17-21-14(9-25-17)11-2-4-12(18)5-3-11/h2-9,23H,1H3,(H,21,22)/b20-8-. The SMILES string of the molecule is COc1cc(/C=N\Nc2nc(-c3ccc(Cl)cc3)cs2)cc(Cl)c1O. The summed E-state index contributed by atoms with van der Waals surface area (Å²) in [6.45, 7) is 0. The van der Waals surface area contributed by atoms with E-state index in [2.05, 4.69) is 15.5 Å². The van der Waals surface area contributed by atoms with Crippen LogP contribution in [0.2, 0.25) is 10.0 Å². The Morgan fingerprint density at radius 1 is 1.24 bits per heavy atom. The van der Waals surface area contributed by atoms with E-state index < -0.39 is 0 Å². The first kappa shape index (κ1) is 17.5. The van der Waals surface area contributed by atoms with E-state index in [9.17, 15) is 5.11 Å². The number of nitrogens with one attached hydrogen (secondary N) is 1. The smallest absolute Gasteiger partial charge is 0.203 e. The molecule has 0 spiro atoms. The van der Waals surface area contributed by atoms with Gasteiger partial charge in [0.15, 0.2) is 11.5 Å². The van der Waals surface area contributed by atoms with Gasteiger partial charge in [-0.2, -0.15) is 5.10 Å². The number of hydrazone groups is 1. The normalized spacial score (nSPS) is 11.0. The minimum Gasteiger partial charge on any atom is -0.503 e. The number of hydrogen-bond donors (Lipinski definition) is 2. The van der Waals surface area contributed by atoms with Crippen molar-refractivity contribution in [2.45, 2.75) is 0 Å². The summed E-state index contributed by atoms with van der Waals surface area (Å²) in [7, 11) is 1.46. The number of phenolic OH excluding ortho intramolecular Hbond substituents is 1. The summed E-state index contributed by atoms with van der Waals surface area (Å²) in [5.74, 6) is 0.190. The van der Waals surface area contributed by atoms with Crippen molar-refractivity contribution in [3.05, 3.63) is 57.4 Å². The molecule has 2 N–H and O–H groups in total. The van der Waals surface area contributed by atoms with E-state index in [1.807, 2.05) is 29.6 Å². The van der Waals surface area contributed by atoms with Crippen molar-refractivity contribution >= 4 is 45.9 Å². The fraction of sp³-hybridized carbons (Fsp3) is 0.0588. The number of thiazole rings is 1. The minimum atomic E-state index is -0.0956. The van der Waals surface area contributed by atoms with Gasteiger partial charge in [-0.1, -0.05) is 35.3 Å². The maximum absolute atomic E-state index is 9.72. The Morgan fingerprint density at radius 2 is 2.00 bits per heavy atom. The molecule has 3 rings (SSSR count). The van der Waals surface area contributed by atoms with Crippen LogP contribution in [0.15, 0.2) is 46.9 Å². The zero-order chi connectivity index (χ0) is 17.8. The Hall–Kier alpha value is -2.28. The van der Waals surface area contributed by atoms with Gasteiger partial charge in [-0.15, -0.1) is 11.3 Å². The maximum Gasteiger partial charge on any atom is 0.203 e. The third-order valence-electron chi connectivity index (χ3n) is 3.29. The van der Waals surface area contributed by atoms with Gasteiger partial charge in [0, 0.05) is 16.0 Å². The summed E-state index contributed by atoms with van der Waals surface area (Å²) in [4.78, 5) is 4.47. The number of ether oxygens (including phenoxy) is 1. The number of benzene rings is 2. The van der Waals surface area contributed by atoms with Crippen molar-refractivity contribution in [3.8, 4) is 22.8 Å². The van der Waals surface area contributed by atoms with Gasteiger partial charge in [0.25, 0.3) is 0 Å². The monoisotopic (exact) mass is 393 g/mol. The summed E-state index contributed by atoms with van der Waals surface area (Å²) < 4.78 is 5.06. The Bertz CT molecular complexity index is 911. The summed E-state index contributed by atoms with van der Waals surface area (Å²) in [6.07, 6.45) is 1.57. The quantitative estimate of drug-likeness (QED) is 0.457. The van der Waals surface area contributed by atoms with Crippen molar-refractivity contribution in [3.63, 3.8) is 0 Å². The molecule has 0 saturated heterocycles. The first-order valence-electron chi connectivity index (χ1n) is 7.14. The summed E-state index contributed by atoms with van der Waals surface area (Å²) >= 11 is 13.3. The number of hydrogen-bond acceptors (Lipinski definition) is 6. The van der Waals surface area contributed by atoms with E-state index in [-0.39, 0.29) is 16.5 Å². The maximum atomic E-state index is 9.72. The van der Waals surface area contributed by atoms with Gasteiger partial charge in [0.2, 0.25) is 5.13 Å². The lowest BCUT2D eigenvalue weighted by Gasteiger charge is -2.05. The van der Waals surface area contributed by atoms with Crippen LogP contribution in [0.25, 0.3) is 11.3 Å².